The number of benzene rings is 2. The minimum absolute atomic E-state index is 0.0116. The first-order valence-corrected chi connectivity index (χ1v) is 6.85. The first-order chi connectivity index (χ1) is 10.0. The van der Waals surface area contributed by atoms with Crippen molar-refractivity contribution >= 4 is 27.6 Å². The summed E-state index contributed by atoms with van der Waals surface area (Å²) in [5.74, 6) is -0.648. The molecule has 21 heavy (non-hydrogen) atoms. The Morgan fingerprint density at radius 2 is 2.10 bits per heavy atom. The van der Waals surface area contributed by atoms with Crippen LogP contribution in [0.4, 0.5) is 10.1 Å². The number of carbonyl (C=O) groups is 1. The quantitative estimate of drug-likeness (QED) is 0.674. The first kappa shape index (κ1) is 15.3. The average Bonchev–Trinajstić information content (AvgIpc) is 2.45. The number of nitrogens with two attached hydrogens (primary N) is 1. The summed E-state index contributed by atoms with van der Waals surface area (Å²) in [6, 6.07) is 8.99. The van der Waals surface area contributed by atoms with Crippen molar-refractivity contribution in [2.24, 2.45) is 0 Å². The van der Waals surface area contributed by atoms with Crippen molar-refractivity contribution in [1.29, 1.82) is 0 Å². The topological polar surface area (TPSA) is 61.5 Å². The Labute approximate surface area is 129 Å². The van der Waals surface area contributed by atoms with Gasteiger partial charge in [0.1, 0.15) is 18.0 Å². The molecular formula is C15H13BrFNO3. The van der Waals surface area contributed by atoms with Crippen molar-refractivity contribution in [2.45, 2.75) is 6.61 Å². The van der Waals surface area contributed by atoms with E-state index in [1.54, 1.807) is 24.3 Å². The Hall–Kier alpha value is -2.08. The molecule has 0 saturated heterocycles. The molecule has 0 aromatic heterocycles. The maximum Gasteiger partial charge on any atom is 0.342 e. The number of esters is 1. The molecule has 0 saturated carbocycles. The third-order valence-corrected chi connectivity index (χ3v) is 3.58. The summed E-state index contributed by atoms with van der Waals surface area (Å²) in [5.41, 5.74) is 7.00. The number of rotatable bonds is 4. The molecule has 6 heteroatoms. The third kappa shape index (κ3) is 3.52. The predicted molar refractivity (Wildman–Crippen MR) is 80.6 cm³/mol. The zero-order chi connectivity index (χ0) is 15.4. The molecule has 0 fully saturated rings. The van der Waals surface area contributed by atoms with Gasteiger partial charge in [-0.2, -0.15) is 0 Å². The lowest BCUT2D eigenvalue weighted by molar-refractivity contribution is 0.0468. The highest BCUT2D eigenvalue weighted by Crippen LogP contribution is 2.27. The largest absolute Gasteiger partial charge is 0.494 e. The zero-order valence-electron chi connectivity index (χ0n) is 11.2. The summed E-state index contributed by atoms with van der Waals surface area (Å²) in [5, 5.41) is 0. The Morgan fingerprint density at radius 3 is 2.76 bits per heavy atom. The van der Waals surface area contributed by atoms with E-state index in [4.69, 9.17) is 15.2 Å². The SMILES string of the molecule is COc1c(N)cccc1C(=O)OCc1ccc(F)cc1Br. The van der Waals surface area contributed by atoms with Gasteiger partial charge in [-0.25, -0.2) is 9.18 Å². The van der Waals surface area contributed by atoms with Gasteiger partial charge in [0.05, 0.1) is 12.8 Å². The Balaban J connectivity index is 2.14. The number of anilines is 1. The fourth-order valence-corrected chi connectivity index (χ4v) is 2.27. The van der Waals surface area contributed by atoms with Crippen LogP contribution in [0.1, 0.15) is 15.9 Å². The molecular weight excluding hydrogens is 341 g/mol. The fraction of sp³-hybridized carbons (Fsp3) is 0.133. The molecule has 0 heterocycles. The minimum atomic E-state index is -0.560. The number of halogens is 2. The van der Waals surface area contributed by atoms with Crippen LogP contribution in [0.15, 0.2) is 40.9 Å². The summed E-state index contributed by atoms with van der Waals surface area (Å²) in [6.07, 6.45) is 0. The Morgan fingerprint density at radius 1 is 1.33 bits per heavy atom. The molecule has 4 nitrogen and oxygen atoms in total. The molecule has 0 unspecified atom stereocenters. The van der Waals surface area contributed by atoms with Crippen LogP contribution in [-0.4, -0.2) is 13.1 Å². The Kier molecular flexibility index (Phi) is 4.80. The highest BCUT2D eigenvalue weighted by molar-refractivity contribution is 9.10. The van der Waals surface area contributed by atoms with Gasteiger partial charge < -0.3 is 15.2 Å². The van der Waals surface area contributed by atoms with Crippen molar-refractivity contribution in [3.05, 3.63) is 57.8 Å². The van der Waals surface area contributed by atoms with Crippen molar-refractivity contribution in [3.63, 3.8) is 0 Å². The molecule has 0 radical (unpaired) electrons. The fourth-order valence-electron chi connectivity index (χ4n) is 1.80. The zero-order valence-corrected chi connectivity index (χ0v) is 12.8. The number of carbonyl (C=O) groups excluding carboxylic acids is 1. The standard InChI is InChI=1S/C15H13BrFNO3/c1-20-14-11(3-2-4-13(14)18)15(19)21-8-9-5-6-10(17)7-12(9)16/h2-7H,8,18H2,1H3. The second-order valence-corrected chi connectivity index (χ2v) is 5.09. The lowest BCUT2D eigenvalue weighted by Gasteiger charge is -2.11. The second-order valence-electron chi connectivity index (χ2n) is 4.24. The molecule has 0 aliphatic heterocycles. The minimum Gasteiger partial charge on any atom is -0.494 e. The number of ether oxygens (including phenoxy) is 2. The third-order valence-electron chi connectivity index (χ3n) is 2.84. The molecule has 0 atom stereocenters. The van der Waals surface area contributed by atoms with Gasteiger partial charge >= 0.3 is 5.97 Å². The van der Waals surface area contributed by atoms with Gasteiger partial charge in [0.15, 0.2) is 5.75 Å². The van der Waals surface area contributed by atoms with E-state index in [0.29, 0.717) is 15.7 Å². The van der Waals surface area contributed by atoms with Crippen LogP contribution in [0.2, 0.25) is 0 Å². The van der Waals surface area contributed by atoms with Crippen LogP contribution in [0.3, 0.4) is 0 Å². The van der Waals surface area contributed by atoms with Crippen molar-refractivity contribution in [3.8, 4) is 5.75 Å². The van der Waals surface area contributed by atoms with Crippen molar-refractivity contribution < 1.29 is 18.7 Å². The summed E-state index contributed by atoms with van der Waals surface area (Å²) in [4.78, 5) is 12.1. The molecule has 0 bridgehead atoms. The molecule has 110 valence electrons. The van der Waals surface area contributed by atoms with Gasteiger partial charge in [-0.1, -0.05) is 28.1 Å². The molecule has 2 rings (SSSR count). The molecule has 2 aromatic carbocycles. The van der Waals surface area contributed by atoms with E-state index in [2.05, 4.69) is 15.9 Å². The Bertz CT molecular complexity index is 676. The van der Waals surface area contributed by atoms with Crippen LogP contribution in [0.25, 0.3) is 0 Å². The number of para-hydroxylation sites is 1. The summed E-state index contributed by atoms with van der Waals surface area (Å²) >= 11 is 3.22. The van der Waals surface area contributed by atoms with Crippen LogP contribution in [-0.2, 0) is 11.3 Å². The van der Waals surface area contributed by atoms with Gasteiger partial charge in [0.25, 0.3) is 0 Å². The monoisotopic (exact) mass is 353 g/mol. The highest BCUT2D eigenvalue weighted by Gasteiger charge is 2.16. The predicted octanol–water partition coefficient (Wildman–Crippen LogP) is 3.54. The van der Waals surface area contributed by atoms with Gasteiger partial charge in [-0.05, 0) is 24.3 Å². The number of methoxy groups -OCH3 is 1. The number of hydrogen-bond acceptors (Lipinski definition) is 4. The van der Waals surface area contributed by atoms with Crippen LogP contribution in [0.5, 0.6) is 5.75 Å². The lowest BCUT2D eigenvalue weighted by atomic mass is 10.1. The van der Waals surface area contributed by atoms with E-state index in [0.717, 1.165) is 0 Å². The van der Waals surface area contributed by atoms with Gasteiger partial charge in [-0.15, -0.1) is 0 Å². The molecule has 0 amide bonds. The maximum atomic E-state index is 13.0. The van der Waals surface area contributed by atoms with E-state index in [1.165, 1.54) is 19.2 Å². The molecule has 0 spiro atoms. The van der Waals surface area contributed by atoms with E-state index in [9.17, 15) is 9.18 Å². The van der Waals surface area contributed by atoms with Crippen molar-refractivity contribution in [1.82, 2.24) is 0 Å². The number of nitrogen functional groups attached to an aromatic ring is 1. The van der Waals surface area contributed by atoms with Crippen molar-refractivity contribution in [2.75, 3.05) is 12.8 Å². The van der Waals surface area contributed by atoms with Gasteiger partial charge in [0, 0.05) is 10.0 Å². The van der Waals surface area contributed by atoms with Crippen LogP contribution in [0, 0.1) is 5.82 Å². The molecule has 0 aliphatic rings. The normalized spacial score (nSPS) is 10.2. The summed E-state index contributed by atoms with van der Waals surface area (Å²) < 4.78 is 23.8. The van der Waals surface area contributed by atoms with E-state index >= 15 is 0 Å². The van der Waals surface area contributed by atoms with Gasteiger partial charge in [-0.3, -0.25) is 0 Å². The van der Waals surface area contributed by atoms with Crippen LogP contribution < -0.4 is 10.5 Å². The first-order valence-electron chi connectivity index (χ1n) is 6.06. The molecule has 2 aromatic rings. The average molecular weight is 354 g/mol. The van der Waals surface area contributed by atoms with E-state index < -0.39 is 5.97 Å². The van der Waals surface area contributed by atoms with Gasteiger partial charge in [0.2, 0.25) is 0 Å². The van der Waals surface area contributed by atoms with Crippen LogP contribution >= 0.6 is 15.9 Å². The highest BCUT2D eigenvalue weighted by atomic mass is 79.9. The van der Waals surface area contributed by atoms with E-state index in [1.807, 2.05) is 0 Å². The smallest absolute Gasteiger partial charge is 0.342 e. The summed E-state index contributed by atoms with van der Waals surface area (Å²) in [6.45, 7) is 0.0116. The lowest BCUT2D eigenvalue weighted by Crippen LogP contribution is -2.08. The second kappa shape index (κ2) is 6.58. The molecule has 0 aliphatic carbocycles. The number of hydrogen-bond donors (Lipinski definition) is 1. The summed E-state index contributed by atoms with van der Waals surface area (Å²) in [7, 11) is 1.43. The van der Waals surface area contributed by atoms with E-state index in [-0.39, 0.29) is 23.7 Å². The molecule has 2 N–H and O–H groups in total. The maximum absolute atomic E-state index is 13.0.